The number of aromatic nitrogens is 4. The molecule has 0 spiro atoms. The minimum Gasteiger partial charge on any atom is -0.394 e. The molecule has 0 amide bonds. The van der Waals surface area contributed by atoms with Gasteiger partial charge in [0.05, 0.1) is 17.9 Å². The minimum absolute atomic E-state index is 0.0531. The quantitative estimate of drug-likeness (QED) is 0.198. The molecule has 0 radical (unpaired) electrons. The van der Waals surface area contributed by atoms with Crippen LogP contribution in [-0.4, -0.2) is 64.7 Å². The fourth-order valence-electron chi connectivity index (χ4n) is 3.37. The fourth-order valence-corrected chi connectivity index (χ4v) is 3.37. The van der Waals surface area contributed by atoms with Gasteiger partial charge >= 0.3 is 0 Å². The molecule has 13 nitrogen and oxygen atoms in total. The van der Waals surface area contributed by atoms with Crippen molar-refractivity contribution >= 4 is 28.4 Å². The third-order valence-corrected chi connectivity index (χ3v) is 4.97. The molecule has 0 saturated carbocycles. The van der Waals surface area contributed by atoms with Crippen molar-refractivity contribution in [2.45, 2.75) is 31.1 Å². The lowest BCUT2D eigenvalue weighted by Crippen LogP contribution is -2.33. The molecule has 3 aromatic rings. The summed E-state index contributed by atoms with van der Waals surface area (Å²) in [7, 11) is 0. The van der Waals surface area contributed by atoms with Gasteiger partial charge in [-0.25, -0.2) is 15.0 Å². The predicted molar refractivity (Wildman–Crippen MR) is 103 cm³/mol. The van der Waals surface area contributed by atoms with Crippen LogP contribution in [0.25, 0.3) is 11.2 Å². The van der Waals surface area contributed by atoms with Crippen LogP contribution in [0.3, 0.4) is 0 Å². The molecule has 6 N–H and O–H groups in total. The number of nitrogen functional groups attached to an aromatic ring is 1. The Labute approximate surface area is 168 Å². The summed E-state index contributed by atoms with van der Waals surface area (Å²) < 4.78 is 6.96. The van der Waals surface area contributed by atoms with Crippen molar-refractivity contribution in [2.24, 2.45) is 0 Å². The number of aliphatic hydroxyl groups is 3. The molecule has 30 heavy (non-hydrogen) atoms. The van der Waals surface area contributed by atoms with Crippen molar-refractivity contribution in [3.05, 3.63) is 46.5 Å². The average Bonchev–Trinajstić information content (AvgIpc) is 3.28. The third-order valence-electron chi connectivity index (χ3n) is 4.97. The summed E-state index contributed by atoms with van der Waals surface area (Å²) in [5.41, 5.74) is 6.95. The van der Waals surface area contributed by atoms with Crippen LogP contribution in [0.15, 0.2) is 30.9 Å². The number of aliphatic hydroxyl groups excluding tert-OH is 3. The summed E-state index contributed by atoms with van der Waals surface area (Å²) in [4.78, 5) is 23.1. The predicted octanol–water partition coefficient (Wildman–Crippen LogP) is -0.460. The number of para-hydroxylation sites is 1. The maximum Gasteiger partial charge on any atom is 0.292 e. The van der Waals surface area contributed by atoms with E-state index < -0.39 is 36.1 Å². The van der Waals surface area contributed by atoms with E-state index in [-0.39, 0.29) is 17.9 Å². The van der Waals surface area contributed by atoms with Crippen LogP contribution in [-0.2, 0) is 11.3 Å². The number of nitrogens with two attached hydrogens (primary N) is 1. The molecule has 3 heterocycles. The Morgan fingerprint density at radius 2 is 2.07 bits per heavy atom. The van der Waals surface area contributed by atoms with Crippen molar-refractivity contribution in [1.82, 2.24) is 19.5 Å². The van der Waals surface area contributed by atoms with E-state index in [9.17, 15) is 25.4 Å². The molecule has 1 aromatic carbocycles. The first-order chi connectivity index (χ1) is 14.4. The number of fused-ring (bicyclic) bond motifs is 1. The van der Waals surface area contributed by atoms with E-state index in [2.05, 4.69) is 20.3 Å². The molecule has 0 aliphatic carbocycles. The zero-order valence-corrected chi connectivity index (χ0v) is 15.5. The van der Waals surface area contributed by atoms with Gasteiger partial charge in [0.25, 0.3) is 5.69 Å². The Kier molecular flexibility index (Phi) is 5.17. The van der Waals surface area contributed by atoms with Crippen LogP contribution in [0.1, 0.15) is 11.8 Å². The normalized spacial score (nSPS) is 23.7. The number of nitrogens with one attached hydrogen (secondary N) is 1. The van der Waals surface area contributed by atoms with E-state index in [4.69, 9.17) is 10.5 Å². The van der Waals surface area contributed by atoms with E-state index in [1.807, 2.05) is 0 Å². The molecule has 4 rings (SSSR count). The second-order valence-electron chi connectivity index (χ2n) is 6.74. The maximum absolute atomic E-state index is 11.1. The van der Waals surface area contributed by atoms with Gasteiger partial charge in [-0.2, -0.15) is 0 Å². The van der Waals surface area contributed by atoms with E-state index >= 15 is 0 Å². The Hall–Kier alpha value is -3.39. The van der Waals surface area contributed by atoms with Crippen LogP contribution in [0, 0.1) is 10.1 Å². The van der Waals surface area contributed by atoms with Gasteiger partial charge < -0.3 is 31.1 Å². The van der Waals surface area contributed by atoms with Gasteiger partial charge in [-0.3, -0.25) is 14.7 Å². The molecule has 1 fully saturated rings. The largest absolute Gasteiger partial charge is 0.394 e. The summed E-state index contributed by atoms with van der Waals surface area (Å²) in [6, 6.07) is 4.52. The molecule has 13 heteroatoms. The smallest absolute Gasteiger partial charge is 0.292 e. The van der Waals surface area contributed by atoms with E-state index in [1.165, 1.54) is 29.4 Å². The maximum atomic E-state index is 11.1. The first kappa shape index (κ1) is 19.9. The second kappa shape index (κ2) is 7.79. The number of anilines is 2. The van der Waals surface area contributed by atoms with Gasteiger partial charge in [0, 0.05) is 18.2 Å². The van der Waals surface area contributed by atoms with Crippen molar-refractivity contribution in [2.75, 3.05) is 17.7 Å². The number of imidazole rings is 1. The number of nitro benzene ring substituents is 1. The molecule has 1 aliphatic rings. The molecule has 4 atom stereocenters. The van der Waals surface area contributed by atoms with Gasteiger partial charge in [0.1, 0.15) is 30.3 Å². The number of nitrogens with zero attached hydrogens (tertiary/aromatic N) is 5. The molecule has 0 unspecified atom stereocenters. The van der Waals surface area contributed by atoms with Crippen LogP contribution in [0.4, 0.5) is 17.2 Å². The number of ether oxygens (including phenoxy) is 1. The summed E-state index contributed by atoms with van der Waals surface area (Å²) in [5.74, 6) is 0.344. The zero-order valence-electron chi connectivity index (χ0n) is 15.5. The molecular weight excluding hydrogens is 398 g/mol. The van der Waals surface area contributed by atoms with Gasteiger partial charge in [-0.1, -0.05) is 12.1 Å². The summed E-state index contributed by atoms with van der Waals surface area (Å²) >= 11 is 0. The Morgan fingerprint density at radius 3 is 2.77 bits per heavy atom. The first-order valence-corrected chi connectivity index (χ1v) is 8.98. The summed E-state index contributed by atoms with van der Waals surface area (Å²) in [6.07, 6.45) is -1.80. The number of benzene rings is 1. The lowest BCUT2D eigenvalue weighted by atomic mass is 10.1. The highest BCUT2D eigenvalue weighted by Gasteiger charge is 2.44. The Balaban J connectivity index is 1.61. The average molecular weight is 417 g/mol. The van der Waals surface area contributed by atoms with E-state index in [0.29, 0.717) is 22.5 Å². The molecule has 158 valence electrons. The highest BCUT2D eigenvalue weighted by molar-refractivity contribution is 5.82. The van der Waals surface area contributed by atoms with Crippen molar-refractivity contribution < 1.29 is 25.0 Å². The molecule has 1 saturated heterocycles. The lowest BCUT2D eigenvalue weighted by Gasteiger charge is -2.16. The summed E-state index contributed by atoms with van der Waals surface area (Å²) in [5, 5.41) is 43.6. The Morgan fingerprint density at radius 1 is 1.27 bits per heavy atom. The highest BCUT2D eigenvalue weighted by Crippen LogP contribution is 2.32. The van der Waals surface area contributed by atoms with Crippen LogP contribution in [0.5, 0.6) is 0 Å². The number of hydrogen-bond donors (Lipinski definition) is 5. The van der Waals surface area contributed by atoms with Gasteiger partial charge in [-0.15, -0.1) is 0 Å². The SMILES string of the molecule is Nc1c(CNc2ncnc3c2ncn3[C@@H]2O[C@H](CO)[C@@H](O)[C@H]2O)cccc1[N+](=O)[O-]. The molecular formula is C17H19N7O6. The second-order valence-corrected chi connectivity index (χ2v) is 6.74. The van der Waals surface area contributed by atoms with Crippen molar-refractivity contribution in [1.29, 1.82) is 0 Å². The van der Waals surface area contributed by atoms with Crippen LogP contribution in [0.2, 0.25) is 0 Å². The number of hydrogen-bond acceptors (Lipinski definition) is 11. The van der Waals surface area contributed by atoms with Crippen molar-refractivity contribution in [3.63, 3.8) is 0 Å². The van der Waals surface area contributed by atoms with E-state index in [1.54, 1.807) is 6.07 Å². The molecule has 2 aromatic heterocycles. The molecule has 1 aliphatic heterocycles. The number of nitro groups is 1. The van der Waals surface area contributed by atoms with Crippen LogP contribution >= 0.6 is 0 Å². The lowest BCUT2D eigenvalue weighted by molar-refractivity contribution is -0.383. The zero-order chi connectivity index (χ0) is 21.4. The topological polar surface area (TPSA) is 195 Å². The third kappa shape index (κ3) is 3.29. The first-order valence-electron chi connectivity index (χ1n) is 8.98. The highest BCUT2D eigenvalue weighted by atomic mass is 16.6. The number of rotatable bonds is 6. The minimum atomic E-state index is -1.28. The monoisotopic (exact) mass is 417 g/mol. The van der Waals surface area contributed by atoms with Gasteiger partial charge in [-0.05, 0) is 0 Å². The van der Waals surface area contributed by atoms with Crippen molar-refractivity contribution in [3.8, 4) is 0 Å². The molecule has 0 bridgehead atoms. The fraction of sp³-hybridized carbons (Fsp3) is 0.353. The van der Waals surface area contributed by atoms with Crippen LogP contribution < -0.4 is 11.1 Å². The van der Waals surface area contributed by atoms with E-state index in [0.717, 1.165) is 0 Å². The standard InChI is InChI=1S/C17H19N7O6/c18-11-8(2-1-3-9(11)24(28)29)4-19-15-12-16(21-6-20-15)23(7-22-12)17-14(27)13(26)10(5-25)30-17/h1-3,6-7,10,13-14,17,25-27H,4-5,18H2,(H,19,20,21)/t10-,13-,14-,17-/m1/s1. The van der Waals surface area contributed by atoms with Gasteiger partial charge in [0.15, 0.2) is 23.2 Å². The Bertz CT molecular complexity index is 1090. The van der Waals surface area contributed by atoms with Gasteiger partial charge in [0.2, 0.25) is 0 Å². The summed E-state index contributed by atoms with van der Waals surface area (Å²) in [6.45, 7) is -0.297.